The highest BCUT2D eigenvalue weighted by Gasteiger charge is 2.39. The number of aliphatic hydroxyl groups is 2. The maximum absolute atomic E-state index is 13.0. The Labute approximate surface area is 220 Å². The van der Waals surface area contributed by atoms with Crippen LogP contribution in [0, 0.1) is 30.1 Å². The van der Waals surface area contributed by atoms with Gasteiger partial charge in [-0.2, -0.15) is 0 Å². The predicted octanol–water partition coefficient (Wildman–Crippen LogP) is 6.31. The van der Waals surface area contributed by atoms with Gasteiger partial charge in [-0.25, -0.2) is 4.98 Å². The zero-order valence-corrected chi connectivity index (χ0v) is 24.1. The van der Waals surface area contributed by atoms with E-state index in [4.69, 9.17) is 17.0 Å². The van der Waals surface area contributed by atoms with Crippen molar-refractivity contribution in [3.05, 3.63) is 33.3 Å². The molecule has 196 valence electrons. The molecule has 2 rings (SSSR count). The van der Waals surface area contributed by atoms with Gasteiger partial charge in [0.1, 0.15) is 6.10 Å². The molecule has 0 unspecified atom stereocenters. The van der Waals surface area contributed by atoms with Crippen molar-refractivity contribution >= 4 is 40.5 Å². The lowest BCUT2D eigenvalue weighted by Crippen LogP contribution is -2.45. The van der Waals surface area contributed by atoms with E-state index in [0.717, 1.165) is 35.5 Å². The number of rotatable bonds is 2. The van der Waals surface area contributed by atoms with Gasteiger partial charge >= 0.3 is 5.97 Å². The molecule has 0 bridgehead atoms. The summed E-state index contributed by atoms with van der Waals surface area (Å²) < 4.78 is 5.99. The highest BCUT2D eigenvalue weighted by Crippen LogP contribution is 2.34. The standard InChI is InChI=1S/C28H43NO4S2/c1-16-10-9-11-17(2)25(32)20(5)27(34)28(7,8)23(30)14-24(31)33-26(18(3)12-16)19(4)13-22-15-35-21(6)29-22/h12-13,15,17-18,20,23,25-26,30,32H,9-11,14H2,1-8H3/b16-12-,19-13+/t17-,18-,20+,23-,25-,26-/m0/s1. The van der Waals surface area contributed by atoms with Crippen molar-refractivity contribution in [1.82, 2.24) is 4.98 Å². The van der Waals surface area contributed by atoms with Crippen LogP contribution in [0.25, 0.3) is 6.08 Å². The van der Waals surface area contributed by atoms with Crippen LogP contribution in [-0.2, 0) is 9.53 Å². The van der Waals surface area contributed by atoms with Gasteiger partial charge in [0, 0.05) is 27.5 Å². The number of aryl methyl sites for hydroxylation is 1. The van der Waals surface area contributed by atoms with Crippen LogP contribution < -0.4 is 0 Å². The van der Waals surface area contributed by atoms with E-state index in [1.165, 1.54) is 5.57 Å². The lowest BCUT2D eigenvalue weighted by atomic mass is 9.74. The number of hydrogen-bond donors (Lipinski definition) is 2. The first-order valence-electron chi connectivity index (χ1n) is 12.6. The number of nitrogens with zero attached hydrogens (tertiary/aromatic N) is 1. The van der Waals surface area contributed by atoms with E-state index in [1.807, 2.05) is 46.1 Å². The molecular formula is C28H43NO4S2. The minimum absolute atomic E-state index is 0.0443. The first-order valence-corrected chi connectivity index (χ1v) is 13.9. The topological polar surface area (TPSA) is 79.7 Å². The van der Waals surface area contributed by atoms with Gasteiger partial charge in [0.05, 0.1) is 29.3 Å². The van der Waals surface area contributed by atoms with Crippen LogP contribution in [-0.4, -0.2) is 44.3 Å². The second-order valence-corrected chi connectivity index (χ2v) is 12.4. The quantitative estimate of drug-likeness (QED) is 0.270. The summed E-state index contributed by atoms with van der Waals surface area (Å²) in [5, 5.41) is 24.9. The summed E-state index contributed by atoms with van der Waals surface area (Å²) in [4.78, 5) is 18.1. The van der Waals surface area contributed by atoms with Gasteiger partial charge in [-0.3, -0.25) is 4.79 Å². The molecule has 6 atom stereocenters. The van der Waals surface area contributed by atoms with Crippen LogP contribution in [0.2, 0.25) is 0 Å². The van der Waals surface area contributed by atoms with E-state index >= 15 is 0 Å². The van der Waals surface area contributed by atoms with E-state index in [-0.39, 0.29) is 24.2 Å². The van der Waals surface area contributed by atoms with Crippen molar-refractivity contribution in [1.29, 1.82) is 0 Å². The Kier molecular flexibility index (Phi) is 10.8. The van der Waals surface area contributed by atoms with E-state index < -0.39 is 29.7 Å². The number of ether oxygens (including phenoxy) is 1. The van der Waals surface area contributed by atoms with Gasteiger partial charge in [0.2, 0.25) is 0 Å². The maximum Gasteiger partial charge on any atom is 0.309 e. The highest BCUT2D eigenvalue weighted by molar-refractivity contribution is 7.80. The number of hydrogen-bond acceptors (Lipinski definition) is 7. The number of esters is 1. The number of aromatic nitrogens is 1. The minimum Gasteiger partial charge on any atom is -0.457 e. The number of aliphatic hydroxyl groups excluding tert-OH is 2. The molecule has 0 spiro atoms. The Balaban J connectivity index is 2.40. The molecule has 1 aliphatic heterocycles. The monoisotopic (exact) mass is 521 g/mol. The number of thiazole rings is 1. The van der Waals surface area contributed by atoms with Gasteiger partial charge in [-0.15, -0.1) is 11.3 Å². The molecule has 0 radical (unpaired) electrons. The second-order valence-electron chi connectivity index (χ2n) is 10.9. The lowest BCUT2D eigenvalue weighted by Gasteiger charge is -2.37. The Bertz CT molecular complexity index is 949. The van der Waals surface area contributed by atoms with Crippen molar-refractivity contribution in [3.8, 4) is 0 Å². The third-order valence-electron chi connectivity index (χ3n) is 7.31. The van der Waals surface area contributed by atoms with Crippen LogP contribution in [0.5, 0.6) is 0 Å². The fourth-order valence-electron chi connectivity index (χ4n) is 4.87. The zero-order chi connectivity index (χ0) is 26.5. The predicted molar refractivity (Wildman–Crippen MR) is 148 cm³/mol. The third kappa shape index (κ3) is 8.04. The van der Waals surface area contributed by atoms with Crippen molar-refractivity contribution in [2.75, 3.05) is 0 Å². The van der Waals surface area contributed by atoms with Gasteiger partial charge in [0.15, 0.2) is 0 Å². The first kappa shape index (κ1) is 29.8. The van der Waals surface area contributed by atoms with Crippen molar-refractivity contribution in [2.45, 2.75) is 99.4 Å². The van der Waals surface area contributed by atoms with Crippen LogP contribution >= 0.6 is 23.6 Å². The SMILES string of the molecule is C/C1=C/[C@H](C)[C@@H](/C(C)=C/c2csc(C)n2)OC(=O)C[C@H](O)C(C)(C)C(=S)[C@H](C)[C@@H](O)[C@@H](C)CCC1. The number of cyclic esters (lactones) is 1. The van der Waals surface area contributed by atoms with Crippen LogP contribution in [0.1, 0.15) is 84.9 Å². The molecule has 0 amide bonds. The van der Waals surface area contributed by atoms with Crippen LogP contribution in [0.4, 0.5) is 0 Å². The number of allylic oxidation sites excluding steroid dienone is 1. The molecule has 0 saturated carbocycles. The summed E-state index contributed by atoms with van der Waals surface area (Å²) in [5.74, 6) is -0.701. The number of carbonyl (C=O) groups is 1. The van der Waals surface area contributed by atoms with Gasteiger partial charge < -0.3 is 14.9 Å². The second kappa shape index (κ2) is 12.7. The van der Waals surface area contributed by atoms with E-state index in [9.17, 15) is 15.0 Å². The van der Waals surface area contributed by atoms with Gasteiger partial charge in [-0.1, -0.05) is 58.5 Å². The highest BCUT2D eigenvalue weighted by atomic mass is 32.1. The average Bonchev–Trinajstić information content (AvgIpc) is 3.19. The van der Waals surface area contributed by atoms with Gasteiger partial charge in [0.25, 0.3) is 0 Å². The van der Waals surface area contributed by atoms with Crippen LogP contribution in [0.3, 0.4) is 0 Å². The Hall–Kier alpha value is -1.41. The summed E-state index contributed by atoms with van der Waals surface area (Å²) in [6.45, 7) is 15.7. The Morgan fingerprint density at radius 1 is 1.26 bits per heavy atom. The maximum atomic E-state index is 13.0. The largest absolute Gasteiger partial charge is 0.457 e. The summed E-state index contributed by atoms with van der Waals surface area (Å²) in [6.07, 6.45) is 4.66. The van der Waals surface area contributed by atoms with E-state index in [2.05, 4.69) is 31.8 Å². The molecular weight excluding hydrogens is 478 g/mol. The molecule has 0 aliphatic carbocycles. The fourth-order valence-corrected chi connectivity index (χ4v) is 5.72. The summed E-state index contributed by atoms with van der Waals surface area (Å²) >= 11 is 7.31. The molecule has 7 heteroatoms. The minimum atomic E-state index is -1.01. The fraction of sp³-hybridized carbons (Fsp3) is 0.679. The molecule has 35 heavy (non-hydrogen) atoms. The Morgan fingerprint density at radius 3 is 2.51 bits per heavy atom. The van der Waals surface area contributed by atoms with E-state index in [1.54, 1.807) is 11.3 Å². The molecule has 0 saturated heterocycles. The normalized spacial score (nSPS) is 33.7. The van der Waals surface area contributed by atoms with Crippen LogP contribution in [0.15, 0.2) is 22.6 Å². The molecule has 1 aliphatic rings. The van der Waals surface area contributed by atoms with Crippen molar-refractivity contribution < 1.29 is 19.7 Å². The molecule has 1 aromatic rings. The molecule has 0 fully saturated rings. The average molecular weight is 522 g/mol. The summed E-state index contributed by atoms with van der Waals surface area (Å²) in [6, 6.07) is 0. The van der Waals surface area contributed by atoms with Crippen molar-refractivity contribution in [3.63, 3.8) is 0 Å². The summed E-state index contributed by atoms with van der Waals surface area (Å²) in [7, 11) is 0. The molecule has 2 N–H and O–H groups in total. The van der Waals surface area contributed by atoms with Gasteiger partial charge in [-0.05, 0) is 57.6 Å². The van der Waals surface area contributed by atoms with E-state index in [0.29, 0.717) is 4.86 Å². The molecule has 0 aromatic carbocycles. The van der Waals surface area contributed by atoms with Crippen molar-refractivity contribution in [2.24, 2.45) is 23.2 Å². The molecule has 2 heterocycles. The summed E-state index contributed by atoms with van der Waals surface area (Å²) in [5.41, 5.74) is 2.17. The first-order chi connectivity index (χ1) is 16.2. The number of carbonyl (C=O) groups excluding carboxylic acids is 1. The molecule has 1 aromatic heterocycles. The molecule has 5 nitrogen and oxygen atoms in total. The lowest BCUT2D eigenvalue weighted by molar-refractivity contribution is -0.152. The Morgan fingerprint density at radius 2 is 1.91 bits per heavy atom. The third-order valence-corrected chi connectivity index (χ3v) is 9.00. The smallest absolute Gasteiger partial charge is 0.309 e. The zero-order valence-electron chi connectivity index (χ0n) is 22.5. The number of thiocarbonyl (C=S) groups is 1.